The quantitative estimate of drug-likeness (QED) is 0.560. The second-order valence-corrected chi connectivity index (χ2v) is 11.8. The SMILES string of the molecule is CC(C)CCC(=O)[C@@H](C)[C@H]1C(=O)C[C@H]2[C@@H]3CCC4=CC(=O)CC[C@]4(C)[C@H]3CC[C@]12C. The molecule has 0 saturated heterocycles. The fourth-order valence-electron chi connectivity index (χ4n) is 8.08. The Morgan fingerprint density at radius 1 is 1.07 bits per heavy atom. The average Bonchev–Trinajstić information content (AvgIpc) is 2.96. The number of allylic oxidation sites excluding steroid dienone is 1. The first-order valence-corrected chi connectivity index (χ1v) is 12.4. The summed E-state index contributed by atoms with van der Waals surface area (Å²) < 4.78 is 0. The molecule has 0 aliphatic heterocycles. The lowest BCUT2D eigenvalue weighted by Gasteiger charge is -2.58. The van der Waals surface area contributed by atoms with Crippen molar-refractivity contribution in [3.8, 4) is 0 Å². The first-order chi connectivity index (χ1) is 14.1. The molecule has 0 spiro atoms. The Bertz CT molecular complexity index is 777. The van der Waals surface area contributed by atoms with Gasteiger partial charge in [-0.15, -0.1) is 0 Å². The third-order valence-electron chi connectivity index (χ3n) is 9.85. The highest BCUT2D eigenvalue weighted by Crippen LogP contribution is 2.66. The van der Waals surface area contributed by atoms with Gasteiger partial charge in [0, 0.05) is 31.1 Å². The summed E-state index contributed by atoms with van der Waals surface area (Å²) in [5, 5.41) is 0. The van der Waals surface area contributed by atoms with Crippen LogP contribution in [0.4, 0.5) is 0 Å². The van der Waals surface area contributed by atoms with Crippen molar-refractivity contribution in [2.24, 2.45) is 46.3 Å². The van der Waals surface area contributed by atoms with E-state index in [9.17, 15) is 14.4 Å². The minimum absolute atomic E-state index is 0.0345. The van der Waals surface area contributed by atoms with E-state index in [-0.39, 0.29) is 28.4 Å². The van der Waals surface area contributed by atoms with Crippen molar-refractivity contribution in [3.63, 3.8) is 0 Å². The fraction of sp³-hybridized carbons (Fsp3) is 0.815. The maximum Gasteiger partial charge on any atom is 0.155 e. The van der Waals surface area contributed by atoms with Crippen LogP contribution in [0.3, 0.4) is 0 Å². The van der Waals surface area contributed by atoms with Gasteiger partial charge in [0.15, 0.2) is 5.78 Å². The summed E-state index contributed by atoms with van der Waals surface area (Å²) in [4.78, 5) is 38.3. The molecule has 3 nitrogen and oxygen atoms in total. The Morgan fingerprint density at radius 3 is 2.50 bits per heavy atom. The number of fused-ring (bicyclic) bond motifs is 5. The Kier molecular flexibility index (Phi) is 5.64. The van der Waals surface area contributed by atoms with Gasteiger partial charge in [-0.05, 0) is 79.1 Å². The molecule has 4 rings (SSSR count). The van der Waals surface area contributed by atoms with Crippen LogP contribution in [0.2, 0.25) is 0 Å². The zero-order valence-electron chi connectivity index (χ0n) is 19.6. The third kappa shape index (κ3) is 3.35. The zero-order valence-corrected chi connectivity index (χ0v) is 19.6. The molecule has 3 heteroatoms. The normalized spacial score (nSPS) is 41.7. The van der Waals surface area contributed by atoms with Crippen molar-refractivity contribution in [2.75, 3.05) is 0 Å². The summed E-state index contributed by atoms with van der Waals surface area (Å²) in [6.07, 6.45) is 10.1. The van der Waals surface area contributed by atoms with E-state index in [2.05, 4.69) is 27.7 Å². The van der Waals surface area contributed by atoms with Crippen LogP contribution in [-0.2, 0) is 14.4 Å². The molecule has 4 aliphatic rings. The van der Waals surface area contributed by atoms with Gasteiger partial charge in [-0.2, -0.15) is 0 Å². The number of hydrogen-bond acceptors (Lipinski definition) is 3. The molecule has 0 amide bonds. The Balaban J connectivity index is 1.57. The van der Waals surface area contributed by atoms with Crippen LogP contribution in [0.1, 0.15) is 92.4 Å². The predicted molar refractivity (Wildman–Crippen MR) is 119 cm³/mol. The highest BCUT2D eigenvalue weighted by atomic mass is 16.1. The van der Waals surface area contributed by atoms with Gasteiger partial charge in [-0.1, -0.05) is 40.2 Å². The zero-order chi connectivity index (χ0) is 21.8. The number of carbonyl (C=O) groups excluding carboxylic acids is 3. The second-order valence-electron chi connectivity index (χ2n) is 11.8. The third-order valence-corrected chi connectivity index (χ3v) is 9.85. The topological polar surface area (TPSA) is 51.2 Å². The van der Waals surface area contributed by atoms with Gasteiger partial charge >= 0.3 is 0 Å². The summed E-state index contributed by atoms with van der Waals surface area (Å²) in [6, 6.07) is 0. The lowest BCUT2D eigenvalue weighted by atomic mass is 9.46. The van der Waals surface area contributed by atoms with Gasteiger partial charge in [0.2, 0.25) is 0 Å². The van der Waals surface area contributed by atoms with Crippen LogP contribution >= 0.6 is 0 Å². The van der Waals surface area contributed by atoms with Crippen LogP contribution in [0.5, 0.6) is 0 Å². The smallest absolute Gasteiger partial charge is 0.155 e. The van der Waals surface area contributed by atoms with E-state index < -0.39 is 0 Å². The monoisotopic (exact) mass is 412 g/mol. The van der Waals surface area contributed by atoms with Gasteiger partial charge in [-0.25, -0.2) is 0 Å². The van der Waals surface area contributed by atoms with E-state index in [0.29, 0.717) is 54.5 Å². The van der Waals surface area contributed by atoms with E-state index in [1.807, 2.05) is 13.0 Å². The van der Waals surface area contributed by atoms with E-state index in [1.54, 1.807) is 0 Å². The molecule has 3 fully saturated rings. The lowest BCUT2D eigenvalue weighted by molar-refractivity contribution is -0.134. The maximum atomic E-state index is 13.3. The van der Waals surface area contributed by atoms with E-state index in [4.69, 9.17) is 0 Å². The maximum absolute atomic E-state index is 13.3. The molecule has 0 heterocycles. The number of Topliss-reactive ketones (excluding diaryl/α,β-unsaturated/α-hetero) is 2. The Labute approximate surface area is 182 Å². The molecule has 0 aromatic carbocycles. The fourth-order valence-corrected chi connectivity index (χ4v) is 8.08. The van der Waals surface area contributed by atoms with E-state index >= 15 is 0 Å². The molecular weight excluding hydrogens is 372 g/mol. The van der Waals surface area contributed by atoms with E-state index in [0.717, 1.165) is 38.5 Å². The predicted octanol–water partition coefficient (Wildman–Crippen LogP) is 5.95. The van der Waals surface area contributed by atoms with Crippen molar-refractivity contribution in [2.45, 2.75) is 92.4 Å². The molecule has 0 aromatic rings. The molecule has 30 heavy (non-hydrogen) atoms. The molecule has 3 saturated carbocycles. The van der Waals surface area contributed by atoms with Crippen LogP contribution < -0.4 is 0 Å². The van der Waals surface area contributed by atoms with Crippen molar-refractivity contribution < 1.29 is 14.4 Å². The van der Waals surface area contributed by atoms with Crippen LogP contribution in [0.25, 0.3) is 0 Å². The van der Waals surface area contributed by atoms with Crippen molar-refractivity contribution >= 4 is 17.3 Å². The molecule has 0 unspecified atom stereocenters. The lowest BCUT2D eigenvalue weighted by Crippen LogP contribution is -2.51. The van der Waals surface area contributed by atoms with Gasteiger partial charge in [0.1, 0.15) is 11.6 Å². The average molecular weight is 413 g/mol. The molecule has 0 radical (unpaired) electrons. The van der Waals surface area contributed by atoms with E-state index in [1.165, 1.54) is 5.57 Å². The summed E-state index contributed by atoms with van der Waals surface area (Å²) in [6.45, 7) is 11.1. The van der Waals surface area contributed by atoms with Gasteiger partial charge in [0.25, 0.3) is 0 Å². The standard InChI is InChI=1S/C27H40O3/c1-16(2)6-9-23(29)17(3)25-24(30)15-22-20-8-7-18-14-19(28)10-12-26(18,4)21(20)11-13-27(22,25)5/h14,16-17,20-22,25H,6-13,15H2,1-5H3/t17-,20-,21+,22+,25+,26+,27+/m1/s1. The van der Waals surface area contributed by atoms with Gasteiger partial charge in [0.05, 0.1) is 0 Å². The molecule has 166 valence electrons. The Morgan fingerprint density at radius 2 is 1.80 bits per heavy atom. The van der Waals surface area contributed by atoms with Crippen molar-refractivity contribution in [1.29, 1.82) is 0 Å². The van der Waals surface area contributed by atoms with Crippen molar-refractivity contribution in [3.05, 3.63) is 11.6 Å². The van der Waals surface area contributed by atoms with Gasteiger partial charge in [-0.3, -0.25) is 14.4 Å². The molecule has 7 atom stereocenters. The molecule has 0 N–H and O–H groups in total. The molecule has 0 aromatic heterocycles. The van der Waals surface area contributed by atoms with Gasteiger partial charge < -0.3 is 0 Å². The number of rotatable bonds is 5. The van der Waals surface area contributed by atoms with Crippen LogP contribution in [0, 0.1) is 46.3 Å². The summed E-state index contributed by atoms with van der Waals surface area (Å²) in [5.41, 5.74) is 1.48. The minimum Gasteiger partial charge on any atom is -0.299 e. The summed E-state index contributed by atoms with van der Waals surface area (Å²) in [5.74, 6) is 2.76. The van der Waals surface area contributed by atoms with Crippen LogP contribution in [-0.4, -0.2) is 17.3 Å². The summed E-state index contributed by atoms with van der Waals surface area (Å²) in [7, 11) is 0. The van der Waals surface area contributed by atoms with Crippen molar-refractivity contribution in [1.82, 2.24) is 0 Å². The molecule has 4 aliphatic carbocycles. The minimum atomic E-state index is -0.148. The molecular formula is C27H40O3. The Hall–Kier alpha value is -1.25. The molecule has 0 bridgehead atoms. The second kappa shape index (κ2) is 7.71. The van der Waals surface area contributed by atoms with Crippen LogP contribution in [0.15, 0.2) is 11.6 Å². The largest absolute Gasteiger partial charge is 0.299 e. The highest BCUT2D eigenvalue weighted by Gasteiger charge is 2.62. The number of ketones is 3. The first kappa shape index (κ1) is 22.0. The first-order valence-electron chi connectivity index (χ1n) is 12.4. The number of carbonyl (C=O) groups is 3. The highest BCUT2D eigenvalue weighted by molar-refractivity contribution is 5.92. The number of hydrogen-bond donors (Lipinski definition) is 0. The summed E-state index contributed by atoms with van der Waals surface area (Å²) >= 11 is 0.